The molecule has 1 amide bonds. The van der Waals surface area contributed by atoms with Crippen molar-refractivity contribution in [1.29, 1.82) is 0 Å². The lowest BCUT2D eigenvalue weighted by atomic mass is 10.0. The van der Waals surface area contributed by atoms with Crippen molar-refractivity contribution in [1.82, 2.24) is 5.32 Å². The van der Waals surface area contributed by atoms with Crippen molar-refractivity contribution in [3.05, 3.63) is 59.7 Å². The van der Waals surface area contributed by atoms with Gasteiger partial charge in [0, 0.05) is 12.1 Å². The van der Waals surface area contributed by atoms with Crippen LogP contribution in [-0.4, -0.2) is 26.2 Å². The first-order valence-corrected chi connectivity index (χ1v) is 8.79. The summed E-state index contributed by atoms with van der Waals surface area (Å²) in [6.45, 7) is 5.44. The van der Waals surface area contributed by atoms with Crippen molar-refractivity contribution in [2.75, 3.05) is 20.3 Å². The lowest BCUT2D eigenvalue weighted by Crippen LogP contribution is -2.27. The summed E-state index contributed by atoms with van der Waals surface area (Å²) in [4.78, 5) is 12.4. The Hall–Kier alpha value is -2.49. The van der Waals surface area contributed by atoms with E-state index in [-0.39, 0.29) is 11.8 Å². The number of hydrogen-bond donors (Lipinski definition) is 1. The predicted molar refractivity (Wildman–Crippen MR) is 101 cm³/mol. The molecule has 0 aromatic heterocycles. The zero-order valence-electron chi connectivity index (χ0n) is 15.2. The summed E-state index contributed by atoms with van der Waals surface area (Å²) >= 11 is 0. The third-order valence-corrected chi connectivity index (χ3v) is 4.12. The molecule has 25 heavy (non-hydrogen) atoms. The molecule has 0 spiro atoms. The molecular weight excluding hydrogens is 314 g/mol. The number of nitrogens with one attached hydrogen (secondary N) is 1. The monoisotopic (exact) mass is 341 g/mol. The van der Waals surface area contributed by atoms with Gasteiger partial charge in [0.1, 0.15) is 0 Å². The van der Waals surface area contributed by atoms with Gasteiger partial charge >= 0.3 is 0 Å². The third-order valence-electron chi connectivity index (χ3n) is 4.12. The van der Waals surface area contributed by atoms with Crippen LogP contribution in [-0.2, 0) is 0 Å². The van der Waals surface area contributed by atoms with Crippen LogP contribution in [0.5, 0.6) is 11.5 Å². The molecule has 4 nitrogen and oxygen atoms in total. The summed E-state index contributed by atoms with van der Waals surface area (Å²) in [6.07, 6.45) is 2.06. The van der Waals surface area contributed by atoms with Crippen molar-refractivity contribution >= 4 is 5.91 Å². The molecule has 0 saturated carbocycles. The number of ether oxygens (including phenoxy) is 2. The highest BCUT2D eigenvalue weighted by atomic mass is 16.5. The lowest BCUT2D eigenvalue weighted by Gasteiger charge is -2.14. The first kappa shape index (κ1) is 18.8. The number of rotatable bonds is 9. The van der Waals surface area contributed by atoms with Crippen LogP contribution in [0.25, 0.3) is 0 Å². The Kier molecular flexibility index (Phi) is 7.33. The molecule has 0 fully saturated rings. The van der Waals surface area contributed by atoms with Gasteiger partial charge in [0.15, 0.2) is 11.5 Å². The van der Waals surface area contributed by atoms with Crippen molar-refractivity contribution < 1.29 is 14.3 Å². The molecule has 4 heteroatoms. The Labute approximate surface area is 150 Å². The number of amides is 1. The standard InChI is InChI=1S/C21H27NO3/c1-4-5-13-25-19-12-11-18(14-20(19)24-3)21(23)22-15-16(2)17-9-7-6-8-10-17/h6-12,14,16H,4-5,13,15H2,1-3H3,(H,22,23)/t16-/m0/s1. The first-order valence-electron chi connectivity index (χ1n) is 8.79. The van der Waals surface area contributed by atoms with Crippen molar-refractivity contribution in [2.24, 2.45) is 0 Å². The maximum Gasteiger partial charge on any atom is 0.251 e. The van der Waals surface area contributed by atoms with Gasteiger partial charge in [0.25, 0.3) is 5.91 Å². The lowest BCUT2D eigenvalue weighted by molar-refractivity contribution is 0.0951. The van der Waals surface area contributed by atoms with E-state index in [1.807, 2.05) is 18.2 Å². The van der Waals surface area contributed by atoms with Gasteiger partial charge in [0.05, 0.1) is 13.7 Å². The third kappa shape index (κ3) is 5.52. The molecule has 1 atom stereocenters. The average Bonchev–Trinajstić information content (AvgIpc) is 2.66. The van der Waals surface area contributed by atoms with Crippen molar-refractivity contribution in [3.8, 4) is 11.5 Å². The first-order chi connectivity index (χ1) is 12.2. The van der Waals surface area contributed by atoms with E-state index in [1.165, 1.54) is 5.56 Å². The van der Waals surface area contributed by atoms with Gasteiger partial charge in [-0.25, -0.2) is 0 Å². The molecule has 2 rings (SSSR count). The highest BCUT2D eigenvalue weighted by molar-refractivity contribution is 5.94. The topological polar surface area (TPSA) is 47.6 Å². The SMILES string of the molecule is CCCCOc1ccc(C(=O)NC[C@H](C)c2ccccc2)cc1OC. The molecule has 0 aliphatic rings. The molecule has 0 unspecified atom stereocenters. The van der Waals surface area contributed by atoms with Gasteiger partial charge in [-0.15, -0.1) is 0 Å². The molecule has 1 N–H and O–H groups in total. The number of carbonyl (C=O) groups is 1. The number of hydrogen-bond acceptors (Lipinski definition) is 3. The summed E-state index contributed by atoms with van der Waals surface area (Å²) < 4.78 is 11.1. The van der Waals surface area contributed by atoms with Crippen molar-refractivity contribution in [3.63, 3.8) is 0 Å². The van der Waals surface area contributed by atoms with Gasteiger partial charge in [-0.3, -0.25) is 4.79 Å². The molecule has 134 valence electrons. The number of methoxy groups -OCH3 is 1. The van der Waals surface area contributed by atoms with E-state index in [1.54, 1.807) is 25.3 Å². The molecule has 0 saturated heterocycles. The van der Waals surface area contributed by atoms with Crippen LogP contribution in [0.2, 0.25) is 0 Å². The fraction of sp³-hybridized carbons (Fsp3) is 0.381. The molecule has 2 aromatic rings. The van der Waals surface area contributed by atoms with E-state index in [0.717, 1.165) is 12.8 Å². The van der Waals surface area contributed by atoms with Gasteiger partial charge in [-0.2, -0.15) is 0 Å². The predicted octanol–water partition coefficient (Wildman–Crippen LogP) is 4.41. The molecular formula is C21H27NO3. The fourth-order valence-corrected chi connectivity index (χ4v) is 2.50. The second kappa shape index (κ2) is 9.72. The van der Waals surface area contributed by atoms with E-state index in [4.69, 9.17) is 9.47 Å². The van der Waals surface area contributed by atoms with Gasteiger partial charge in [-0.1, -0.05) is 50.6 Å². The smallest absolute Gasteiger partial charge is 0.251 e. The van der Waals surface area contributed by atoms with Crippen LogP contribution in [0.4, 0.5) is 0 Å². The Morgan fingerprint density at radius 1 is 1.12 bits per heavy atom. The maximum atomic E-state index is 12.4. The van der Waals surface area contributed by atoms with Gasteiger partial charge in [0.2, 0.25) is 0 Å². The van der Waals surface area contributed by atoms with Crippen LogP contribution in [0, 0.1) is 0 Å². The van der Waals surface area contributed by atoms with Gasteiger partial charge in [-0.05, 0) is 36.1 Å². The summed E-state index contributed by atoms with van der Waals surface area (Å²) in [7, 11) is 1.58. The number of benzene rings is 2. The average molecular weight is 341 g/mol. The highest BCUT2D eigenvalue weighted by Gasteiger charge is 2.13. The van der Waals surface area contributed by atoms with E-state index < -0.39 is 0 Å². The quantitative estimate of drug-likeness (QED) is 0.687. The molecule has 0 aliphatic carbocycles. The van der Waals surface area contributed by atoms with Crippen LogP contribution < -0.4 is 14.8 Å². The Morgan fingerprint density at radius 3 is 2.56 bits per heavy atom. The van der Waals surface area contributed by atoms with E-state index in [2.05, 4.69) is 31.3 Å². The maximum absolute atomic E-state index is 12.4. The number of carbonyl (C=O) groups excluding carboxylic acids is 1. The second-order valence-electron chi connectivity index (χ2n) is 6.09. The molecule has 2 aromatic carbocycles. The fourth-order valence-electron chi connectivity index (χ4n) is 2.50. The Morgan fingerprint density at radius 2 is 1.88 bits per heavy atom. The van der Waals surface area contributed by atoms with Crippen LogP contribution in [0.1, 0.15) is 48.5 Å². The Bertz CT molecular complexity index is 670. The summed E-state index contributed by atoms with van der Waals surface area (Å²) in [5.74, 6) is 1.40. The minimum atomic E-state index is -0.110. The van der Waals surface area contributed by atoms with E-state index in [9.17, 15) is 4.79 Å². The summed E-state index contributed by atoms with van der Waals surface area (Å²) in [6, 6.07) is 15.4. The summed E-state index contributed by atoms with van der Waals surface area (Å²) in [5, 5.41) is 2.98. The minimum absolute atomic E-state index is 0.110. The van der Waals surface area contributed by atoms with Crippen LogP contribution in [0.3, 0.4) is 0 Å². The zero-order valence-corrected chi connectivity index (χ0v) is 15.2. The normalized spacial score (nSPS) is 11.6. The number of unbranched alkanes of at least 4 members (excludes halogenated alkanes) is 1. The molecule has 0 aliphatic heterocycles. The molecule has 0 heterocycles. The van der Waals surface area contributed by atoms with E-state index >= 15 is 0 Å². The molecule has 0 bridgehead atoms. The second-order valence-corrected chi connectivity index (χ2v) is 6.09. The minimum Gasteiger partial charge on any atom is -0.493 e. The molecule has 0 radical (unpaired) electrons. The van der Waals surface area contributed by atoms with E-state index in [0.29, 0.717) is 30.2 Å². The largest absolute Gasteiger partial charge is 0.493 e. The van der Waals surface area contributed by atoms with Crippen LogP contribution >= 0.6 is 0 Å². The Balaban J connectivity index is 1.96. The van der Waals surface area contributed by atoms with Crippen molar-refractivity contribution in [2.45, 2.75) is 32.6 Å². The highest BCUT2D eigenvalue weighted by Crippen LogP contribution is 2.28. The zero-order chi connectivity index (χ0) is 18.1. The van der Waals surface area contributed by atoms with Crippen LogP contribution in [0.15, 0.2) is 48.5 Å². The summed E-state index contributed by atoms with van der Waals surface area (Å²) in [5.41, 5.74) is 1.78. The van der Waals surface area contributed by atoms with Gasteiger partial charge < -0.3 is 14.8 Å².